The number of hydrogen-bond acceptors (Lipinski definition) is 2. The lowest BCUT2D eigenvalue weighted by atomic mass is 9.62. The minimum Gasteiger partial charge on any atom is -0.388 e. The summed E-state index contributed by atoms with van der Waals surface area (Å²) < 4.78 is 0. The zero-order valence-corrected chi connectivity index (χ0v) is 19.9. The second kappa shape index (κ2) is 9.45. The Kier molecular flexibility index (Phi) is 6.86. The Morgan fingerprint density at radius 1 is 1.26 bits per heavy atom. The lowest BCUT2D eigenvalue weighted by Crippen LogP contribution is -2.32. The van der Waals surface area contributed by atoms with Crippen molar-refractivity contribution >= 4 is 5.71 Å². The van der Waals surface area contributed by atoms with Gasteiger partial charge in [-0.1, -0.05) is 55.9 Å². The molecule has 4 unspecified atom stereocenters. The first kappa shape index (κ1) is 22.5. The van der Waals surface area contributed by atoms with Gasteiger partial charge in [0.15, 0.2) is 0 Å². The molecular formula is C29H41NO. The summed E-state index contributed by atoms with van der Waals surface area (Å²) in [5.74, 6) is 1.96. The van der Waals surface area contributed by atoms with Crippen LogP contribution in [0.1, 0.15) is 78.1 Å². The van der Waals surface area contributed by atoms with Crippen LogP contribution >= 0.6 is 0 Å². The van der Waals surface area contributed by atoms with E-state index in [2.05, 4.69) is 55.8 Å². The van der Waals surface area contributed by atoms with Crippen LogP contribution in [0.4, 0.5) is 0 Å². The van der Waals surface area contributed by atoms with E-state index in [0.717, 1.165) is 37.2 Å². The van der Waals surface area contributed by atoms with Crippen LogP contribution in [0.5, 0.6) is 0 Å². The highest BCUT2D eigenvalue weighted by atomic mass is 16.3. The van der Waals surface area contributed by atoms with E-state index < -0.39 is 0 Å². The molecule has 4 aliphatic carbocycles. The molecule has 1 N–H and O–H groups in total. The molecular weight excluding hydrogens is 378 g/mol. The zero-order valence-electron chi connectivity index (χ0n) is 19.9. The zero-order chi connectivity index (χ0) is 22.0. The van der Waals surface area contributed by atoms with Crippen molar-refractivity contribution in [3.8, 4) is 0 Å². The van der Waals surface area contributed by atoms with Crippen molar-refractivity contribution in [3.05, 3.63) is 59.3 Å². The van der Waals surface area contributed by atoms with E-state index in [1.54, 1.807) is 11.1 Å². The van der Waals surface area contributed by atoms with Crippen LogP contribution in [0.3, 0.4) is 0 Å². The lowest BCUT2D eigenvalue weighted by molar-refractivity contribution is 0.191. The van der Waals surface area contributed by atoms with Crippen molar-refractivity contribution < 1.29 is 5.11 Å². The van der Waals surface area contributed by atoms with Crippen molar-refractivity contribution in [1.82, 2.24) is 0 Å². The Bertz CT molecular complexity index is 850. The third kappa shape index (κ3) is 4.75. The SMILES string of the molecule is C=C1/C(=C\C=C2/CCCC3(C)C(C(C)C/C=C/C(=NC)C4CC4)=CCC23)CCCC1O. The molecule has 0 aromatic carbocycles. The second-order valence-electron chi connectivity index (χ2n) is 10.5. The van der Waals surface area contributed by atoms with Crippen molar-refractivity contribution in [2.45, 2.75) is 84.2 Å². The third-order valence-electron chi connectivity index (χ3n) is 8.41. The standard InChI is InChI=1S/C29H41NO/c1-20(8-5-11-27(30-4)24-15-16-24)25-17-18-26-23(10-7-19-29(25,26)3)14-13-22-9-6-12-28(31)21(22)2/h5,11,13-14,17,20,24,26,28,31H,2,6-10,12,15-16,18-19H2,1,3-4H3/b11-5+,22-13-,23-14+,30-27?. The molecule has 3 saturated carbocycles. The third-order valence-corrected chi connectivity index (χ3v) is 8.41. The molecule has 31 heavy (non-hydrogen) atoms. The van der Waals surface area contributed by atoms with Crippen molar-refractivity contribution in [1.29, 1.82) is 0 Å². The molecule has 0 spiro atoms. The van der Waals surface area contributed by atoms with Crippen LogP contribution in [0.15, 0.2) is 64.2 Å². The number of aliphatic hydroxyl groups excluding tert-OH is 1. The largest absolute Gasteiger partial charge is 0.388 e. The van der Waals surface area contributed by atoms with Crippen LogP contribution in [-0.4, -0.2) is 24.0 Å². The summed E-state index contributed by atoms with van der Waals surface area (Å²) in [6.45, 7) is 9.08. The number of rotatable bonds is 6. The Hall–Kier alpha value is -1.67. The van der Waals surface area contributed by atoms with Gasteiger partial charge in [0, 0.05) is 18.7 Å². The van der Waals surface area contributed by atoms with E-state index in [4.69, 9.17) is 0 Å². The first-order valence-corrected chi connectivity index (χ1v) is 12.5. The minimum absolute atomic E-state index is 0.303. The Morgan fingerprint density at radius 3 is 2.81 bits per heavy atom. The number of aliphatic imine (C=N–C) groups is 1. The van der Waals surface area contributed by atoms with E-state index in [0.29, 0.717) is 17.3 Å². The molecule has 168 valence electrons. The quantitative estimate of drug-likeness (QED) is 0.360. The van der Waals surface area contributed by atoms with Gasteiger partial charge >= 0.3 is 0 Å². The van der Waals surface area contributed by atoms with Gasteiger partial charge in [0.05, 0.1) is 6.10 Å². The molecule has 0 bridgehead atoms. The monoisotopic (exact) mass is 419 g/mol. The Morgan fingerprint density at radius 2 is 2.06 bits per heavy atom. The van der Waals surface area contributed by atoms with Crippen molar-refractivity contribution in [3.63, 3.8) is 0 Å². The van der Waals surface area contributed by atoms with Gasteiger partial charge in [0.1, 0.15) is 0 Å². The second-order valence-corrected chi connectivity index (χ2v) is 10.5. The topological polar surface area (TPSA) is 32.6 Å². The van der Waals surface area contributed by atoms with E-state index in [1.165, 1.54) is 49.8 Å². The molecule has 0 aromatic rings. The maximum Gasteiger partial charge on any atom is 0.0787 e. The van der Waals surface area contributed by atoms with Gasteiger partial charge in [0.2, 0.25) is 0 Å². The van der Waals surface area contributed by atoms with E-state index >= 15 is 0 Å². The maximum atomic E-state index is 10.1. The summed E-state index contributed by atoms with van der Waals surface area (Å²) in [6, 6.07) is 0. The van der Waals surface area contributed by atoms with Gasteiger partial charge in [-0.25, -0.2) is 0 Å². The molecule has 0 amide bonds. The summed E-state index contributed by atoms with van der Waals surface area (Å²) in [7, 11) is 1.93. The van der Waals surface area contributed by atoms with Gasteiger partial charge in [0.25, 0.3) is 0 Å². The van der Waals surface area contributed by atoms with Gasteiger partial charge < -0.3 is 5.11 Å². The average molecular weight is 420 g/mol. The molecule has 3 fully saturated rings. The number of nitrogens with zero attached hydrogens (tertiary/aromatic N) is 1. The van der Waals surface area contributed by atoms with Crippen LogP contribution in [0.2, 0.25) is 0 Å². The molecule has 4 atom stereocenters. The fourth-order valence-corrected chi connectivity index (χ4v) is 6.34. The molecule has 0 heterocycles. The molecule has 0 radical (unpaired) electrons. The molecule has 2 nitrogen and oxygen atoms in total. The van der Waals surface area contributed by atoms with Gasteiger partial charge in [-0.05, 0) is 98.7 Å². The number of aliphatic hydroxyl groups is 1. The number of fused-ring (bicyclic) bond motifs is 1. The predicted octanol–water partition coefficient (Wildman–Crippen LogP) is 7.14. The van der Waals surface area contributed by atoms with Gasteiger partial charge in [-0.3, -0.25) is 4.99 Å². The summed E-state index contributed by atoms with van der Waals surface area (Å²) in [5, 5.41) is 10.1. The normalized spacial score (nSPS) is 35.7. The van der Waals surface area contributed by atoms with Gasteiger partial charge in [-0.15, -0.1) is 0 Å². The summed E-state index contributed by atoms with van der Waals surface area (Å²) in [6.07, 6.45) is 23.2. The Balaban J connectivity index is 1.44. The smallest absolute Gasteiger partial charge is 0.0787 e. The molecule has 0 aliphatic heterocycles. The average Bonchev–Trinajstić information content (AvgIpc) is 3.53. The maximum absolute atomic E-state index is 10.1. The highest BCUT2D eigenvalue weighted by Gasteiger charge is 2.45. The molecule has 0 aromatic heterocycles. The molecule has 0 saturated heterocycles. The fraction of sp³-hybridized carbons (Fsp3) is 0.621. The molecule has 2 heteroatoms. The van der Waals surface area contributed by atoms with Crippen LogP contribution in [0, 0.1) is 23.2 Å². The minimum atomic E-state index is -0.346. The lowest BCUT2D eigenvalue weighted by Gasteiger charge is -2.42. The van der Waals surface area contributed by atoms with Crippen LogP contribution in [0.25, 0.3) is 0 Å². The first-order valence-electron chi connectivity index (χ1n) is 12.5. The van der Waals surface area contributed by atoms with E-state index in [9.17, 15) is 5.11 Å². The number of hydrogen-bond donors (Lipinski definition) is 1. The molecule has 4 aliphatic rings. The van der Waals surface area contributed by atoms with E-state index in [1.807, 2.05) is 7.05 Å². The van der Waals surface area contributed by atoms with Crippen LogP contribution in [-0.2, 0) is 0 Å². The highest BCUT2D eigenvalue weighted by Crippen LogP contribution is 2.57. The van der Waals surface area contributed by atoms with Crippen molar-refractivity contribution in [2.75, 3.05) is 7.05 Å². The Labute approximate surface area is 189 Å². The highest BCUT2D eigenvalue weighted by molar-refractivity contribution is 5.98. The number of allylic oxidation sites excluding steroid dienone is 7. The summed E-state index contributed by atoms with van der Waals surface area (Å²) >= 11 is 0. The first-order chi connectivity index (χ1) is 14.9. The predicted molar refractivity (Wildman–Crippen MR) is 132 cm³/mol. The molecule has 4 rings (SSSR count). The summed E-state index contributed by atoms with van der Waals surface area (Å²) in [4.78, 5) is 4.48. The fourth-order valence-electron chi connectivity index (χ4n) is 6.34. The van der Waals surface area contributed by atoms with Crippen LogP contribution < -0.4 is 0 Å². The summed E-state index contributed by atoms with van der Waals surface area (Å²) in [5.41, 5.74) is 7.08. The van der Waals surface area contributed by atoms with E-state index in [-0.39, 0.29) is 6.10 Å². The van der Waals surface area contributed by atoms with Crippen molar-refractivity contribution in [2.24, 2.45) is 28.2 Å². The van der Waals surface area contributed by atoms with Gasteiger partial charge in [-0.2, -0.15) is 0 Å².